The Kier molecular flexibility index (Phi) is 11.1. The minimum atomic E-state index is -4.69. The Bertz CT molecular complexity index is 1820. The van der Waals surface area contributed by atoms with Crippen molar-refractivity contribution < 1.29 is 22.8 Å². The van der Waals surface area contributed by atoms with Crippen LogP contribution in [0.1, 0.15) is 47.6 Å². The van der Waals surface area contributed by atoms with Gasteiger partial charge in [-0.2, -0.15) is 13.2 Å². The number of nitrogens with two attached hydrogens (primary N) is 1. The number of hydrogen-bond donors (Lipinski definition) is 4. The van der Waals surface area contributed by atoms with E-state index in [1.165, 1.54) is 18.5 Å². The van der Waals surface area contributed by atoms with E-state index in [9.17, 15) is 22.8 Å². The first-order valence-corrected chi connectivity index (χ1v) is 16.3. The van der Waals surface area contributed by atoms with Crippen molar-refractivity contribution in [1.29, 1.82) is 10.8 Å². The topological polar surface area (TPSA) is 155 Å². The van der Waals surface area contributed by atoms with Crippen molar-refractivity contribution in [2.45, 2.75) is 25.9 Å². The molecule has 0 bridgehead atoms. The van der Waals surface area contributed by atoms with Gasteiger partial charge >= 0.3 is 6.18 Å². The molecule has 2 aromatic carbocycles. The van der Waals surface area contributed by atoms with Crippen LogP contribution in [-0.2, 0) is 15.8 Å². The first kappa shape index (κ1) is 35.9. The Hall–Kier alpha value is -5.37. The Morgan fingerprint density at radius 3 is 2.54 bits per heavy atom. The molecular formula is C36H40F3N9O2. The van der Waals surface area contributed by atoms with Gasteiger partial charge in [-0.25, -0.2) is 4.99 Å². The zero-order chi connectivity index (χ0) is 36.0. The van der Waals surface area contributed by atoms with Crippen molar-refractivity contribution in [3.63, 3.8) is 0 Å². The molecule has 3 aromatic rings. The molecule has 11 nitrogen and oxygen atoms in total. The third-order valence-corrected chi connectivity index (χ3v) is 8.99. The number of pyridine rings is 1. The van der Waals surface area contributed by atoms with Gasteiger partial charge in [0.15, 0.2) is 5.84 Å². The molecule has 1 atom stereocenters. The average molecular weight is 688 g/mol. The van der Waals surface area contributed by atoms with E-state index in [4.69, 9.17) is 16.6 Å². The fraction of sp³-hybridized carbons (Fsp3) is 0.333. The largest absolute Gasteiger partial charge is 0.417 e. The van der Waals surface area contributed by atoms with Crippen molar-refractivity contribution in [3.8, 4) is 0 Å². The molecular weight excluding hydrogens is 647 g/mol. The van der Waals surface area contributed by atoms with Crippen LogP contribution in [-0.4, -0.2) is 90.8 Å². The summed E-state index contributed by atoms with van der Waals surface area (Å²) in [6.45, 7) is 4.33. The normalized spacial score (nSPS) is 16.7. The van der Waals surface area contributed by atoms with E-state index in [1.807, 2.05) is 34.1 Å². The van der Waals surface area contributed by atoms with Crippen LogP contribution in [0.25, 0.3) is 5.57 Å². The van der Waals surface area contributed by atoms with Crippen LogP contribution >= 0.6 is 0 Å². The first-order chi connectivity index (χ1) is 23.9. The molecule has 14 heteroatoms. The molecule has 3 heterocycles. The number of nitrogens with one attached hydrogen (secondary N) is 3. The Morgan fingerprint density at radius 2 is 1.88 bits per heavy atom. The average Bonchev–Trinajstić information content (AvgIpc) is 3.59. The second-order valence-electron chi connectivity index (χ2n) is 12.2. The highest BCUT2D eigenvalue weighted by atomic mass is 19.4. The van der Waals surface area contributed by atoms with Gasteiger partial charge in [-0.3, -0.25) is 30.3 Å². The number of carbonyl (C=O) groups excluding carboxylic acids is 2. The second kappa shape index (κ2) is 15.5. The van der Waals surface area contributed by atoms with E-state index in [0.717, 1.165) is 29.6 Å². The number of likely N-dealkylation sites (tertiary alicyclic amines) is 1. The summed E-state index contributed by atoms with van der Waals surface area (Å²) >= 11 is 0. The van der Waals surface area contributed by atoms with Gasteiger partial charge in [0.1, 0.15) is 0 Å². The number of halogens is 3. The van der Waals surface area contributed by atoms with Crippen molar-refractivity contribution in [2.75, 3.05) is 56.9 Å². The molecule has 262 valence electrons. The van der Waals surface area contributed by atoms with Crippen LogP contribution in [0.5, 0.6) is 0 Å². The third kappa shape index (κ3) is 8.08. The molecule has 50 heavy (non-hydrogen) atoms. The van der Waals surface area contributed by atoms with Gasteiger partial charge in [0.05, 0.1) is 30.1 Å². The van der Waals surface area contributed by atoms with Crippen molar-refractivity contribution >= 4 is 46.6 Å². The molecule has 1 aromatic heterocycles. The molecule has 0 aliphatic carbocycles. The van der Waals surface area contributed by atoms with Crippen LogP contribution in [0.15, 0.2) is 72.0 Å². The van der Waals surface area contributed by atoms with Crippen molar-refractivity contribution in [2.24, 2.45) is 10.9 Å². The number of hydrogen-bond acceptors (Lipinski definition) is 7. The summed E-state index contributed by atoms with van der Waals surface area (Å²) in [6.07, 6.45) is 2.10. The van der Waals surface area contributed by atoms with Gasteiger partial charge in [-0.15, -0.1) is 0 Å². The number of aromatic nitrogens is 1. The Labute approximate surface area is 288 Å². The summed E-state index contributed by atoms with van der Waals surface area (Å²) in [5.41, 5.74) is 7.76. The summed E-state index contributed by atoms with van der Waals surface area (Å²) in [7, 11) is 1.72. The van der Waals surface area contributed by atoms with Crippen LogP contribution in [0, 0.1) is 16.7 Å². The van der Waals surface area contributed by atoms with E-state index < -0.39 is 23.0 Å². The number of nitrogen functional groups attached to an aromatic ring is 1. The minimum absolute atomic E-state index is 0.0118. The number of alkyl halides is 3. The highest BCUT2D eigenvalue weighted by molar-refractivity contribution is 6.15. The van der Waals surface area contributed by atoms with E-state index in [1.54, 1.807) is 24.9 Å². The summed E-state index contributed by atoms with van der Waals surface area (Å²) in [6, 6.07) is 13.0. The lowest BCUT2D eigenvalue weighted by molar-refractivity contribution is -0.137. The zero-order valence-electron chi connectivity index (χ0n) is 27.9. The SMILES string of the molecule is CCN(C(=O)C1CCN(CC(=O)N2CC=C(c3ccc(C(=N)/N=C\NC)cc3)CC2)C1)c1ccc(N)c(C(=N)c2cnccc2C(F)(F)F)c1. The fourth-order valence-electron chi connectivity index (χ4n) is 6.27. The van der Waals surface area contributed by atoms with Gasteiger partial charge in [0.2, 0.25) is 11.8 Å². The molecule has 1 saturated heterocycles. The molecule has 2 aliphatic rings. The maximum absolute atomic E-state index is 13.7. The van der Waals surface area contributed by atoms with E-state index in [2.05, 4.69) is 21.4 Å². The van der Waals surface area contributed by atoms with Crippen molar-refractivity contribution in [3.05, 3.63) is 94.8 Å². The van der Waals surface area contributed by atoms with E-state index in [0.29, 0.717) is 56.8 Å². The smallest absolute Gasteiger partial charge is 0.398 e. The maximum atomic E-state index is 13.7. The standard InChI is InChI=1S/C36H40F3N9O2/c1-3-48(27-8-9-31(40)28(18-27)33(41)29-19-44-14-10-30(29)36(37,38)39)35(50)26-11-15-46(20-26)21-32(49)47-16-12-24(13-17-47)23-4-6-25(7-5-23)34(42)45-22-43-2/h4-10,12,14,18-19,22,26,41H,3,11,13,15-17,20-21,40H2,1-2H3,(H2,42,43,45). The summed E-state index contributed by atoms with van der Waals surface area (Å²) < 4.78 is 41.0. The third-order valence-electron chi connectivity index (χ3n) is 8.99. The Balaban J connectivity index is 1.19. The van der Waals surface area contributed by atoms with Gasteiger partial charge in [0, 0.05) is 73.7 Å². The summed E-state index contributed by atoms with van der Waals surface area (Å²) in [4.78, 5) is 40.1. The number of aliphatic imine (C=N–C) groups is 1. The summed E-state index contributed by atoms with van der Waals surface area (Å²) in [5.74, 6) is -0.387. The quantitative estimate of drug-likeness (QED) is 0.138. The van der Waals surface area contributed by atoms with Gasteiger partial charge < -0.3 is 20.9 Å². The van der Waals surface area contributed by atoms with E-state index >= 15 is 0 Å². The first-order valence-electron chi connectivity index (χ1n) is 16.3. The molecule has 1 unspecified atom stereocenters. The van der Waals surface area contributed by atoms with Crippen LogP contribution in [0.3, 0.4) is 0 Å². The molecule has 2 amide bonds. The number of nitrogens with zero attached hydrogens (tertiary/aromatic N) is 5. The molecule has 0 saturated carbocycles. The van der Waals surface area contributed by atoms with E-state index in [-0.39, 0.29) is 41.4 Å². The van der Waals surface area contributed by atoms with Crippen LogP contribution < -0.4 is 16.0 Å². The number of amides is 2. The fourth-order valence-corrected chi connectivity index (χ4v) is 6.27. The molecule has 2 aliphatic heterocycles. The van der Waals surface area contributed by atoms with Gasteiger partial charge in [0.25, 0.3) is 0 Å². The molecule has 1 fully saturated rings. The molecule has 5 N–H and O–H groups in total. The second-order valence-corrected chi connectivity index (χ2v) is 12.2. The lowest BCUT2D eigenvalue weighted by Crippen LogP contribution is -2.42. The lowest BCUT2D eigenvalue weighted by atomic mass is 9.97. The van der Waals surface area contributed by atoms with Crippen molar-refractivity contribution in [1.82, 2.24) is 20.1 Å². The maximum Gasteiger partial charge on any atom is 0.417 e. The predicted octanol–water partition coefficient (Wildman–Crippen LogP) is 4.66. The van der Waals surface area contributed by atoms with Gasteiger partial charge in [-0.05, 0) is 61.7 Å². The highest BCUT2D eigenvalue weighted by Crippen LogP contribution is 2.34. The minimum Gasteiger partial charge on any atom is -0.398 e. The molecule has 5 rings (SSSR count). The Morgan fingerprint density at radius 1 is 1.12 bits per heavy atom. The highest BCUT2D eigenvalue weighted by Gasteiger charge is 2.36. The monoisotopic (exact) mass is 687 g/mol. The van der Waals surface area contributed by atoms with Crippen LogP contribution in [0.4, 0.5) is 24.5 Å². The summed E-state index contributed by atoms with van der Waals surface area (Å²) in [5, 5.41) is 19.4. The zero-order valence-corrected chi connectivity index (χ0v) is 27.9. The predicted molar refractivity (Wildman–Crippen MR) is 189 cm³/mol. The number of rotatable bonds is 10. The number of carbonyl (C=O) groups is 2. The lowest BCUT2D eigenvalue weighted by Gasteiger charge is -2.29. The molecule has 0 spiro atoms. The van der Waals surface area contributed by atoms with Crippen LogP contribution in [0.2, 0.25) is 0 Å². The molecule has 0 radical (unpaired) electrons. The number of amidine groups is 1. The number of anilines is 2. The van der Waals surface area contributed by atoms with Gasteiger partial charge in [-0.1, -0.05) is 30.3 Å². The number of benzene rings is 2.